The van der Waals surface area contributed by atoms with Crippen molar-refractivity contribution in [1.29, 1.82) is 0 Å². The molecule has 2 aromatic rings. The van der Waals surface area contributed by atoms with Crippen LogP contribution in [0.15, 0.2) is 28.7 Å². The lowest BCUT2D eigenvalue weighted by Gasteiger charge is -2.31. The van der Waals surface area contributed by atoms with Crippen LogP contribution in [0.3, 0.4) is 0 Å². The molecule has 0 saturated carbocycles. The van der Waals surface area contributed by atoms with Crippen molar-refractivity contribution in [2.45, 2.75) is 44.9 Å². The Labute approximate surface area is 161 Å². The first kappa shape index (κ1) is 17.7. The highest BCUT2D eigenvalue weighted by Gasteiger charge is 2.33. The first-order chi connectivity index (χ1) is 12.5. The van der Waals surface area contributed by atoms with Gasteiger partial charge in [-0.3, -0.25) is 14.4 Å². The number of carbonyl (C=O) groups excluding carboxylic acids is 1. The molecule has 138 valence electrons. The number of aromatic nitrogens is 2. The SMILES string of the molecule is Cc1c(Br)cccc1NC(=O)c1cc2n(n1)CCC[C@@H]2N1CC[C@@H](O)C1. The molecule has 2 aliphatic rings. The molecular formula is C19H23BrN4O2. The molecule has 6 nitrogen and oxygen atoms in total. The fourth-order valence-electron chi connectivity index (χ4n) is 3.92. The van der Waals surface area contributed by atoms with E-state index in [2.05, 4.69) is 31.2 Å². The van der Waals surface area contributed by atoms with Crippen LogP contribution in [0.25, 0.3) is 0 Å². The van der Waals surface area contributed by atoms with Crippen molar-refractivity contribution in [3.8, 4) is 0 Å². The Morgan fingerprint density at radius 2 is 2.19 bits per heavy atom. The van der Waals surface area contributed by atoms with E-state index in [1.165, 1.54) is 0 Å². The Morgan fingerprint density at radius 3 is 2.96 bits per heavy atom. The van der Waals surface area contributed by atoms with E-state index < -0.39 is 0 Å². The second-order valence-corrected chi connectivity index (χ2v) is 7.99. The monoisotopic (exact) mass is 418 g/mol. The molecule has 1 aromatic heterocycles. The number of likely N-dealkylation sites (tertiary alicyclic amines) is 1. The maximum Gasteiger partial charge on any atom is 0.276 e. The van der Waals surface area contributed by atoms with Gasteiger partial charge in [0.1, 0.15) is 0 Å². The van der Waals surface area contributed by atoms with Gasteiger partial charge < -0.3 is 10.4 Å². The van der Waals surface area contributed by atoms with Crippen molar-refractivity contribution in [2.75, 3.05) is 18.4 Å². The second kappa shape index (κ2) is 7.13. The van der Waals surface area contributed by atoms with Crippen molar-refractivity contribution >= 4 is 27.5 Å². The van der Waals surface area contributed by atoms with E-state index in [9.17, 15) is 9.90 Å². The Bertz CT molecular complexity index is 835. The zero-order chi connectivity index (χ0) is 18.3. The summed E-state index contributed by atoms with van der Waals surface area (Å²) in [5, 5.41) is 17.4. The predicted octanol–water partition coefficient (Wildman–Crippen LogP) is 3.11. The smallest absolute Gasteiger partial charge is 0.276 e. The van der Waals surface area contributed by atoms with Crippen LogP contribution in [0.5, 0.6) is 0 Å². The van der Waals surface area contributed by atoms with Crippen LogP contribution in [-0.2, 0) is 6.54 Å². The number of anilines is 1. The lowest BCUT2D eigenvalue weighted by molar-refractivity contribution is 0.102. The van der Waals surface area contributed by atoms with E-state index in [-0.39, 0.29) is 18.1 Å². The summed E-state index contributed by atoms with van der Waals surface area (Å²) < 4.78 is 2.92. The summed E-state index contributed by atoms with van der Waals surface area (Å²) >= 11 is 3.49. The van der Waals surface area contributed by atoms with E-state index >= 15 is 0 Å². The molecule has 0 unspecified atom stereocenters. The Balaban J connectivity index is 1.56. The molecule has 0 bridgehead atoms. The van der Waals surface area contributed by atoms with Gasteiger partial charge in [-0.05, 0) is 49.9 Å². The molecule has 26 heavy (non-hydrogen) atoms. The summed E-state index contributed by atoms with van der Waals surface area (Å²) in [5.41, 5.74) is 3.32. The third-order valence-corrected chi connectivity index (χ3v) is 6.24. The zero-order valence-electron chi connectivity index (χ0n) is 14.8. The molecule has 1 aromatic carbocycles. The molecule has 7 heteroatoms. The maximum absolute atomic E-state index is 12.7. The van der Waals surface area contributed by atoms with Crippen LogP contribution in [-0.4, -0.2) is 44.9 Å². The van der Waals surface area contributed by atoms with Gasteiger partial charge in [0.15, 0.2) is 5.69 Å². The fourth-order valence-corrected chi connectivity index (χ4v) is 4.29. The van der Waals surface area contributed by atoms with E-state index in [4.69, 9.17) is 0 Å². The standard InChI is InChI=1S/C19H23BrN4O2/c1-12-14(20)4-2-5-15(12)21-19(26)16-10-18-17(6-3-8-24(18)22-16)23-9-7-13(25)11-23/h2,4-5,10,13,17,25H,3,6-9,11H2,1H3,(H,21,26)/t13-,17+/m1/s1. The second-order valence-electron chi connectivity index (χ2n) is 7.14. The summed E-state index contributed by atoms with van der Waals surface area (Å²) in [4.78, 5) is 15.0. The maximum atomic E-state index is 12.7. The summed E-state index contributed by atoms with van der Waals surface area (Å²) in [5.74, 6) is -0.187. The number of benzene rings is 1. The summed E-state index contributed by atoms with van der Waals surface area (Å²) in [7, 11) is 0. The third-order valence-electron chi connectivity index (χ3n) is 5.38. The van der Waals surface area contributed by atoms with E-state index in [0.717, 1.165) is 53.8 Å². The number of nitrogens with zero attached hydrogens (tertiary/aromatic N) is 3. The van der Waals surface area contributed by atoms with Gasteiger partial charge in [0, 0.05) is 29.8 Å². The largest absolute Gasteiger partial charge is 0.392 e. The number of β-amino-alcohol motifs (C(OH)–C–C–N with tert-alkyl or cyclic N) is 1. The van der Waals surface area contributed by atoms with Crippen molar-refractivity contribution in [2.24, 2.45) is 0 Å². The number of fused-ring (bicyclic) bond motifs is 1. The minimum Gasteiger partial charge on any atom is -0.392 e. The molecule has 1 amide bonds. The molecule has 1 fully saturated rings. The van der Waals surface area contributed by atoms with E-state index in [1.54, 1.807) is 0 Å². The highest BCUT2D eigenvalue weighted by Crippen LogP contribution is 2.33. The van der Waals surface area contributed by atoms with E-state index in [1.807, 2.05) is 35.9 Å². The minimum atomic E-state index is -0.240. The average Bonchev–Trinajstić information content (AvgIpc) is 3.24. The molecule has 2 N–H and O–H groups in total. The Hall–Kier alpha value is -1.70. The number of nitrogens with one attached hydrogen (secondary N) is 1. The van der Waals surface area contributed by atoms with Crippen LogP contribution < -0.4 is 5.32 Å². The summed E-state index contributed by atoms with van der Waals surface area (Å²) in [6.07, 6.45) is 2.66. The Morgan fingerprint density at radius 1 is 1.35 bits per heavy atom. The van der Waals surface area contributed by atoms with Gasteiger partial charge in [-0.25, -0.2) is 0 Å². The van der Waals surface area contributed by atoms with Crippen molar-refractivity contribution in [3.05, 3.63) is 45.7 Å². The van der Waals surface area contributed by atoms with Gasteiger partial charge in [0.2, 0.25) is 0 Å². The molecule has 2 atom stereocenters. The van der Waals surface area contributed by atoms with Crippen LogP contribution in [0.4, 0.5) is 5.69 Å². The number of aliphatic hydroxyl groups excluding tert-OH is 1. The molecule has 1 saturated heterocycles. The first-order valence-corrected chi connectivity index (χ1v) is 9.88. The third kappa shape index (κ3) is 3.31. The van der Waals surface area contributed by atoms with Crippen molar-refractivity contribution in [1.82, 2.24) is 14.7 Å². The highest BCUT2D eigenvalue weighted by molar-refractivity contribution is 9.10. The fraction of sp³-hybridized carbons (Fsp3) is 0.474. The molecule has 4 rings (SSSR count). The van der Waals surface area contributed by atoms with Gasteiger partial charge in [-0.2, -0.15) is 5.10 Å². The van der Waals surface area contributed by atoms with Crippen LogP contribution in [0, 0.1) is 6.92 Å². The van der Waals surface area contributed by atoms with Gasteiger partial charge in [-0.1, -0.05) is 22.0 Å². The normalized spacial score (nSPS) is 23.0. The summed E-state index contributed by atoms with van der Waals surface area (Å²) in [6.45, 7) is 4.41. The number of halogens is 1. The number of carbonyl (C=O) groups is 1. The average molecular weight is 419 g/mol. The number of aryl methyl sites for hydroxylation is 1. The van der Waals surface area contributed by atoms with Gasteiger partial charge in [0.25, 0.3) is 5.91 Å². The lowest BCUT2D eigenvalue weighted by atomic mass is 10.0. The Kier molecular flexibility index (Phi) is 4.86. The molecule has 0 radical (unpaired) electrons. The number of amides is 1. The van der Waals surface area contributed by atoms with Gasteiger partial charge >= 0.3 is 0 Å². The van der Waals surface area contributed by atoms with Crippen LogP contribution >= 0.6 is 15.9 Å². The first-order valence-electron chi connectivity index (χ1n) is 9.09. The number of hydrogen-bond donors (Lipinski definition) is 2. The van der Waals surface area contributed by atoms with Gasteiger partial charge in [0.05, 0.1) is 17.8 Å². The molecular weight excluding hydrogens is 396 g/mol. The zero-order valence-corrected chi connectivity index (χ0v) is 16.4. The molecule has 0 spiro atoms. The number of rotatable bonds is 3. The van der Waals surface area contributed by atoms with Crippen molar-refractivity contribution < 1.29 is 9.90 Å². The summed E-state index contributed by atoms with van der Waals surface area (Å²) in [6, 6.07) is 7.90. The molecule has 3 heterocycles. The lowest BCUT2D eigenvalue weighted by Crippen LogP contribution is -2.32. The van der Waals surface area contributed by atoms with Crippen LogP contribution in [0.2, 0.25) is 0 Å². The molecule has 2 aliphatic heterocycles. The topological polar surface area (TPSA) is 70.4 Å². The highest BCUT2D eigenvalue weighted by atomic mass is 79.9. The quantitative estimate of drug-likeness (QED) is 0.802. The van der Waals surface area contributed by atoms with Crippen LogP contribution in [0.1, 0.15) is 47.1 Å². The van der Waals surface area contributed by atoms with Crippen molar-refractivity contribution in [3.63, 3.8) is 0 Å². The minimum absolute atomic E-state index is 0.187. The number of hydrogen-bond acceptors (Lipinski definition) is 4. The van der Waals surface area contributed by atoms with E-state index in [0.29, 0.717) is 12.2 Å². The molecule has 0 aliphatic carbocycles. The number of aliphatic hydroxyl groups is 1. The predicted molar refractivity (Wildman–Crippen MR) is 103 cm³/mol. The van der Waals surface area contributed by atoms with Gasteiger partial charge in [-0.15, -0.1) is 0 Å².